The maximum Gasteiger partial charge on any atom is 0.501 e. The lowest BCUT2D eigenvalue weighted by Crippen LogP contribution is -2.60. The van der Waals surface area contributed by atoms with Gasteiger partial charge in [-0.2, -0.15) is 0 Å². The molecule has 78 heavy (non-hydrogen) atoms. The number of fused-ring (bicyclic) bond motifs is 6. The van der Waals surface area contributed by atoms with Gasteiger partial charge in [0.05, 0.1) is 18.9 Å². The number of ether oxygens (including phenoxy) is 4. The van der Waals surface area contributed by atoms with Crippen molar-refractivity contribution in [3.05, 3.63) is 95.6 Å². The zero-order chi connectivity index (χ0) is 55.9. The normalized spacial score (nSPS) is 26.9. The largest absolute Gasteiger partial charge is 0.501 e. The van der Waals surface area contributed by atoms with Gasteiger partial charge in [-0.05, 0) is 78.6 Å². The number of nitrogens with one attached hydrogen (secondary N) is 1. The van der Waals surface area contributed by atoms with E-state index in [0.29, 0.717) is 33.1 Å². The summed E-state index contributed by atoms with van der Waals surface area (Å²) in [6, 6.07) is 19.9. The lowest BCUT2D eigenvalue weighted by molar-refractivity contribution is -0.277. The third kappa shape index (κ3) is 11.3. The van der Waals surface area contributed by atoms with Gasteiger partial charge in [-0.3, -0.25) is 14.4 Å². The van der Waals surface area contributed by atoms with Gasteiger partial charge in [0.2, 0.25) is 24.4 Å². The van der Waals surface area contributed by atoms with Gasteiger partial charge in [-0.25, -0.2) is 0 Å². The summed E-state index contributed by atoms with van der Waals surface area (Å²) in [5.74, 6) is -2.60. The molecular weight excluding hydrogens is 1090 g/mol. The summed E-state index contributed by atoms with van der Waals surface area (Å²) in [6.07, 6.45) is -16.1. The fourth-order valence-electron chi connectivity index (χ4n) is 10.4. The molecule has 0 unspecified atom stereocenters. The Labute approximate surface area is 457 Å². The third-order valence-corrected chi connectivity index (χ3v) is 15.7. The van der Waals surface area contributed by atoms with E-state index in [0.717, 1.165) is 23.1 Å². The lowest BCUT2D eigenvalue weighted by Gasteiger charge is -2.39. The smallest absolute Gasteiger partial charge is 0.461 e. The molecule has 0 saturated carbocycles. The Balaban J connectivity index is 0.911. The molecular formula is C53H59Cl2N3O19S. The summed E-state index contributed by atoms with van der Waals surface area (Å²) in [5, 5.41) is 87.2. The third-order valence-electron chi connectivity index (χ3n) is 14.2. The summed E-state index contributed by atoms with van der Waals surface area (Å²) in [5.41, 5.74) is 2.40. The second kappa shape index (κ2) is 23.6. The monoisotopic (exact) mass is 1140 g/mol. The van der Waals surface area contributed by atoms with E-state index in [1.165, 1.54) is 18.2 Å². The fraction of sp³-hybridized carbons (Fsp3) is 0.453. The van der Waals surface area contributed by atoms with Gasteiger partial charge in [0.1, 0.15) is 54.6 Å². The summed E-state index contributed by atoms with van der Waals surface area (Å²) in [6.45, 7) is 2.41. The highest BCUT2D eigenvalue weighted by Gasteiger charge is 2.47. The molecule has 9 N–H and O–H groups in total. The molecule has 0 aliphatic carbocycles. The molecule has 2 fully saturated rings. The summed E-state index contributed by atoms with van der Waals surface area (Å²) >= 11 is 13.0. The molecule has 5 aromatic carbocycles. The Bertz CT molecular complexity index is 3170. The van der Waals surface area contributed by atoms with Crippen molar-refractivity contribution in [2.75, 3.05) is 47.9 Å². The quantitative estimate of drug-likeness (QED) is 0.0569. The van der Waals surface area contributed by atoms with Crippen molar-refractivity contribution in [1.82, 2.24) is 5.32 Å². The second-order valence-electron chi connectivity index (χ2n) is 19.8. The number of carbonyl (C=O) groups is 3. The molecule has 4 aliphatic rings. The second-order valence-corrected chi connectivity index (χ2v) is 21.5. The van der Waals surface area contributed by atoms with E-state index >= 15 is 0 Å². The van der Waals surface area contributed by atoms with E-state index in [2.05, 4.69) is 5.32 Å². The molecule has 25 heteroatoms. The number of alkyl halides is 2. The van der Waals surface area contributed by atoms with Crippen LogP contribution in [0.2, 0.25) is 0 Å². The van der Waals surface area contributed by atoms with Crippen molar-refractivity contribution in [2.45, 2.75) is 112 Å². The first-order chi connectivity index (χ1) is 37.3. The lowest BCUT2D eigenvalue weighted by atomic mass is 9.95. The van der Waals surface area contributed by atoms with Crippen molar-refractivity contribution < 1.29 is 91.0 Å². The van der Waals surface area contributed by atoms with Gasteiger partial charge < -0.3 is 83.3 Å². The summed E-state index contributed by atoms with van der Waals surface area (Å²) in [4.78, 5) is 44.4. The van der Waals surface area contributed by atoms with Gasteiger partial charge >= 0.3 is 10.4 Å². The number of hydrogen-bond donors (Lipinski definition) is 9. The van der Waals surface area contributed by atoms with E-state index < -0.39 is 108 Å². The van der Waals surface area contributed by atoms with Gasteiger partial charge in [-0.15, -0.1) is 31.6 Å². The first-order valence-corrected chi connectivity index (χ1v) is 27.5. The van der Waals surface area contributed by atoms with E-state index in [4.69, 9.17) is 50.5 Å². The Morgan fingerprint density at radius 3 is 1.69 bits per heavy atom. The predicted molar refractivity (Wildman–Crippen MR) is 281 cm³/mol. The highest BCUT2D eigenvalue weighted by atomic mass is 35.5. The van der Waals surface area contributed by atoms with Gasteiger partial charge in [-0.1, -0.05) is 36.4 Å². The molecule has 22 nitrogen and oxygen atoms in total. The SMILES string of the molecule is CC(C)NC(=O)c1ccc(O[C@@H]2O[C@H](CO)[C@H](O)[C@H](O)[C@H]2O)c(OS(=O)(=O)Oc2cccc3c4c(ccc23)N(C(=O)CCCC(=O)N2C[C@@H](CCl)c3c2cc(O[C@@H]2O[C@H](CO)[C@H](O)[C@H](O)[C@H]2O)c2ccccc32)C[C@H]4CCl)c1. The van der Waals surface area contributed by atoms with Crippen LogP contribution in [0.3, 0.4) is 0 Å². The molecule has 2 saturated heterocycles. The van der Waals surface area contributed by atoms with Crippen LogP contribution in [0.4, 0.5) is 11.4 Å². The van der Waals surface area contributed by atoms with Crippen LogP contribution in [0.1, 0.15) is 66.4 Å². The highest BCUT2D eigenvalue weighted by Crippen LogP contribution is 2.48. The number of aliphatic hydroxyl groups is 8. The molecule has 0 bridgehead atoms. The van der Waals surface area contributed by atoms with Crippen LogP contribution < -0.4 is 33.0 Å². The van der Waals surface area contributed by atoms with E-state index in [1.54, 1.807) is 60.0 Å². The maximum atomic E-state index is 14.2. The van der Waals surface area contributed by atoms with Crippen molar-refractivity contribution in [3.63, 3.8) is 0 Å². The number of rotatable bonds is 18. The number of hydrogen-bond acceptors (Lipinski definition) is 19. The molecule has 0 aromatic heterocycles. The maximum absolute atomic E-state index is 14.2. The van der Waals surface area contributed by atoms with E-state index in [-0.39, 0.29) is 84.9 Å². The first kappa shape index (κ1) is 57.1. The summed E-state index contributed by atoms with van der Waals surface area (Å²) in [7, 11) is -5.10. The zero-order valence-corrected chi connectivity index (χ0v) is 44.3. The predicted octanol–water partition coefficient (Wildman–Crippen LogP) is 2.40. The minimum absolute atomic E-state index is 0.0395. The minimum Gasteiger partial charge on any atom is -0.461 e. The van der Waals surface area contributed by atoms with Gasteiger partial charge in [0.25, 0.3) is 5.91 Å². The number of carbonyl (C=O) groups excluding carboxylic acids is 3. The number of amides is 3. The van der Waals surface area contributed by atoms with Crippen molar-refractivity contribution in [1.29, 1.82) is 0 Å². The van der Waals surface area contributed by atoms with Crippen LogP contribution in [0.25, 0.3) is 21.5 Å². The molecule has 5 aromatic rings. The molecule has 0 spiro atoms. The van der Waals surface area contributed by atoms with Crippen molar-refractivity contribution in [3.8, 4) is 23.0 Å². The average Bonchev–Trinajstić information content (AvgIpc) is 4.14. The number of aliphatic hydroxyl groups excluding tert-OH is 8. The van der Waals surface area contributed by atoms with Crippen LogP contribution in [0.5, 0.6) is 23.0 Å². The van der Waals surface area contributed by atoms with Crippen molar-refractivity contribution in [2.24, 2.45) is 0 Å². The molecule has 420 valence electrons. The minimum atomic E-state index is -5.10. The summed E-state index contributed by atoms with van der Waals surface area (Å²) < 4.78 is 61.6. The van der Waals surface area contributed by atoms with Gasteiger partial charge in [0.15, 0.2) is 17.2 Å². The Morgan fingerprint density at radius 2 is 1.13 bits per heavy atom. The number of benzene rings is 5. The van der Waals surface area contributed by atoms with E-state index in [1.807, 2.05) is 12.1 Å². The average molecular weight is 1150 g/mol. The zero-order valence-electron chi connectivity index (χ0n) is 42.0. The topological polar surface area (TPSA) is 321 Å². The van der Waals surface area contributed by atoms with Crippen LogP contribution in [-0.2, 0) is 29.5 Å². The molecule has 12 atom stereocenters. The Kier molecular flexibility index (Phi) is 17.3. The molecule has 9 rings (SSSR count). The molecule has 0 radical (unpaired) electrons. The Morgan fingerprint density at radius 1 is 0.615 bits per heavy atom. The number of halogens is 2. The number of anilines is 2. The van der Waals surface area contributed by atoms with E-state index in [9.17, 15) is 63.7 Å². The first-order valence-electron chi connectivity index (χ1n) is 25.1. The number of nitrogens with zero attached hydrogens (tertiary/aromatic N) is 2. The van der Waals surface area contributed by atoms with Crippen LogP contribution in [0.15, 0.2) is 78.9 Å². The molecule has 4 heterocycles. The van der Waals surface area contributed by atoms with Crippen LogP contribution in [-0.4, -0.2) is 173 Å². The van der Waals surface area contributed by atoms with Crippen LogP contribution >= 0.6 is 23.2 Å². The molecule has 4 aliphatic heterocycles. The standard InChI is InChI=1S/C53H59Cl2N3O19S/c1-25(2)56-51(69)26-13-16-36(72-52-49(67)47(65)45(63)39(23-59)74-52)38(17-26)77-78(70,71)76-35-10-5-9-32-30(35)14-15-33-43(32)27(19-54)21-57(33)41(61)11-6-12-42(62)58-22-28(20-55)44-31-8-4-3-7-29(31)37(18-34(44)58)73-53-50(68)48(66)46(64)40(24-60)75-53/h3-5,7-10,13-18,25,27-28,39-40,45-50,52-53,59-60,63-68H,6,11-12,19-24H2,1-2H3,(H,56,69)/t27-,28-,39-,40-,45+,46+,47+,48+,49-,50-,52-,53-/m1/s1. The highest BCUT2D eigenvalue weighted by molar-refractivity contribution is 7.82. The Hall–Kier alpha value is -5.64. The van der Waals surface area contributed by atoms with Gasteiger partial charge in [0, 0.05) is 83.7 Å². The fourth-order valence-corrected chi connectivity index (χ4v) is 11.6. The molecule has 3 amide bonds. The van der Waals surface area contributed by atoms with Crippen molar-refractivity contribution >= 4 is 84.2 Å². The van der Waals surface area contributed by atoms with Crippen LogP contribution in [0, 0.1) is 0 Å².